The molecule has 4 aromatic rings. The molecule has 2 aliphatic rings. The highest BCUT2D eigenvalue weighted by Crippen LogP contribution is 2.46. The normalized spacial score (nSPS) is 16.7. The van der Waals surface area contributed by atoms with E-state index in [-0.39, 0.29) is 0 Å². The number of aryl methyl sites for hydroxylation is 3. The molecule has 1 aromatic heterocycles. The van der Waals surface area contributed by atoms with Crippen molar-refractivity contribution < 1.29 is 0 Å². The molecular weight excluding hydrogens is 422 g/mol. The van der Waals surface area contributed by atoms with Gasteiger partial charge in [0.2, 0.25) is 0 Å². The zero-order valence-electron chi connectivity index (χ0n) is 20.9. The number of nitrogens with zero attached hydrogens (tertiary/aromatic N) is 1. The van der Waals surface area contributed by atoms with Crippen LogP contribution in [0.2, 0.25) is 0 Å². The van der Waals surface area contributed by atoms with Crippen LogP contribution < -0.4 is 0 Å². The lowest BCUT2D eigenvalue weighted by molar-refractivity contribution is 1.05. The van der Waals surface area contributed by atoms with E-state index in [0.717, 1.165) is 25.7 Å². The number of pyridine rings is 1. The summed E-state index contributed by atoms with van der Waals surface area (Å²) in [6.45, 7) is 6.45. The first-order valence-corrected chi connectivity index (χ1v) is 12.7. The minimum atomic E-state index is 1.05. The Labute approximate surface area is 208 Å². The minimum absolute atomic E-state index is 1.05. The molecule has 0 unspecified atom stereocenters. The predicted octanol–water partition coefficient (Wildman–Crippen LogP) is 8.65. The minimum Gasteiger partial charge on any atom is -0.248 e. The molecule has 6 rings (SSSR count). The Hall–Kier alpha value is -3.71. The first-order chi connectivity index (χ1) is 17.0. The van der Waals surface area contributed by atoms with E-state index in [4.69, 9.17) is 4.98 Å². The summed E-state index contributed by atoms with van der Waals surface area (Å²) in [4.78, 5) is 5.39. The first kappa shape index (κ1) is 21.8. The Kier molecular flexibility index (Phi) is 5.49. The summed E-state index contributed by atoms with van der Waals surface area (Å²) >= 11 is 0. The Balaban J connectivity index is 1.53. The van der Waals surface area contributed by atoms with Crippen LogP contribution in [0.5, 0.6) is 0 Å². The molecule has 35 heavy (non-hydrogen) atoms. The van der Waals surface area contributed by atoms with Gasteiger partial charge in [0.25, 0.3) is 0 Å². The maximum atomic E-state index is 5.39. The van der Waals surface area contributed by atoms with E-state index in [1.54, 1.807) is 0 Å². The Morgan fingerprint density at radius 2 is 0.914 bits per heavy atom. The van der Waals surface area contributed by atoms with E-state index in [1.807, 2.05) is 0 Å². The molecule has 0 saturated carbocycles. The molecule has 0 saturated heterocycles. The van der Waals surface area contributed by atoms with Gasteiger partial charge >= 0.3 is 0 Å². The van der Waals surface area contributed by atoms with Gasteiger partial charge in [0.1, 0.15) is 0 Å². The third kappa shape index (κ3) is 4.17. The summed E-state index contributed by atoms with van der Waals surface area (Å²) in [5.74, 6) is 0. The summed E-state index contributed by atoms with van der Waals surface area (Å²) in [5, 5.41) is 0. The fourth-order valence-corrected chi connectivity index (χ4v) is 5.52. The van der Waals surface area contributed by atoms with Crippen LogP contribution in [-0.4, -0.2) is 4.98 Å². The number of benzene rings is 3. The molecule has 0 spiro atoms. The van der Waals surface area contributed by atoms with Gasteiger partial charge in [0.05, 0.1) is 11.4 Å². The van der Waals surface area contributed by atoms with Crippen LogP contribution in [0.25, 0.3) is 34.4 Å². The van der Waals surface area contributed by atoms with Crippen LogP contribution >= 0.6 is 0 Å². The van der Waals surface area contributed by atoms with Gasteiger partial charge in [-0.2, -0.15) is 0 Å². The molecule has 0 amide bonds. The molecule has 3 aromatic carbocycles. The fourth-order valence-electron chi connectivity index (χ4n) is 5.52. The van der Waals surface area contributed by atoms with Crippen molar-refractivity contribution in [3.8, 4) is 11.1 Å². The van der Waals surface area contributed by atoms with Crippen LogP contribution in [0.1, 0.15) is 63.2 Å². The van der Waals surface area contributed by atoms with Crippen molar-refractivity contribution in [1.82, 2.24) is 4.98 Å². The van der Waals surface area contributed by atoms with Gasteiger partial charge in [0.15, 0.2) is 0 Å². The summed E-state index contributed by atoms with van der Waals surface area (Å²) in [6.07, 6.45) is 8.93. The number of aromatic nitrogens is 1. The second kappa shape index (κ2) is 8.82. The molecule has 1 heterocycles. The summed E-state index contributed by atoms with van der Waals surface area (Å²) in [5.41, 5.74) is 17.2. The third-order valence-electron chi connectivity index (χ3n) is 7.47. The van der Waals surface area contributed by atoms with Crippen molar-refractivity contribution in [3.05, 3.63) is 123 Å². The van der Waals surface area contributed by atoms with Gasteiger partial charge in [-0.15, -0.1) is 0 Å². The van der Waals surface area contributed by atoms with Crippen molar-refractivity contribution in [1.29, 1.82) is 0 Å². The second-order valence-electron chi connectivity index (χ2n) is 10.2. The van der Waals surface area contributed by atoms with Crippen LogP contribution in [0.4, 0.5) is 0 Å². The Bertz CT molecular complexity index is 1370. The molecule has 2 aliphatic carbocycles. The summed E-state index contributed by atoms with van der Waals surface area (Å²) in [7, 11) is 0. The first-order valence-electron chi connectivity index (χ1n) is 12.7. The largest absolute Gasteiger partial charge is 0.248 e. The van der Waals surface area contributed by atoms with Gasteiger partial charge in [-0.3, -0.25) is 0 Å². The number of hydrogen-bond donors (Lipinski definition) is 0. The SMILES string of the molecule is Cc1ccc(/C=C2\CCc3c2nc2c(c3-c3ccc(C)cc3)CC/C2=C\c2ccc(C)cc2)cc1. The zero-order valence-corrected chi connectivity index (χ0v) is 20.9. The number of fused-ring (bicyclic) bond motifs is 2. The molecule has 0 radical (unpaired) electrons. The molecule has 1 nitrogen and oxygen atoms in total. The highest BCUT2D eigenvalue weighted by atomic mass is 14.8. The zero-order chi connectivity index (χ0) is 23.9. The molecule has 0 fully saturated rings. The highest BCUT2D eigenvalue weighted by molar-refractivity contribution is 5.93. The molecule has 0 N–H and O–H groups in total. The van der Waals surface area contributed by atoms with Crippen molar-refractivity contribution in [2.75, 3.05) is 0 Å². The van der Waals surface area contributed by atoms with Gasteiger partial charge in [-0.05, 0) is 103 Å². The Morgan fingerprint density at radius 1 is 0.514 bits per heavy atom. The Morgan fingerprint density at radius 3 is 1.34 bits per heavy atom. The fraction of sp³-hybridized carbons (Fsp3) is 0.206. The van der Waals surface area contributed by atoms with Crippen molar-refractivity contribution >= 4 is 23.3 Å². The number of allylic oxidation sites excluding steroid dienone is 2. The van der Waals surface area contributed by atoms with Gasteiger partial charge in [0, 0.05) is 0 Å². The lowest BCUT2D eigenvalue weighted by atomic mass is 9.92. The number of hydrogen-bond acceptors (Lipinski definition) is 1. The molecule has 1 heteroatoms. The summed E-state index contributed by atoms with van der Waals surface area (Å²) in [6, 6.07) is 26.7. The second-order valence-corrected chi connectivity index (χ2v) is 10.2. The molecule has 0 aliphatic heterocycles. The predicted molar refractivity (Wildman–Crippen MR) is 149 cm³/mol. The highest BCUT2D eigenvalue weighted by Gasteiger charge is 2.30. The third-order valence-corrected chi connectivity index (χ3v) is 7.47. The van der Waals surface area contributed by atoms with Gasteiger partial charge < -0.3 is 0 Å². The van der Waals surface area contributed by atoms with E-state index in [1.165, 1.54) is 72.6 Å². The monoisotopic (exact) mass is 453 g/mol. The average molecular weight is 454 g/mol. The topological polar surface area (TPSA) is 12.9 Å². The van der Waals surface area contributed by atoms with Crippen LogP contribution in [0, 0.1) is 20.8 Å². The smallest absolute Gasteiger partial charge is 0.0707 e. The van der Waals surface area contributed by atoms with Crippen molar-refractivity contribution in [3.63, 3.8) is 0 Å². The molecule has 0 atom stereocenters. The van der Waals surface area contributed by atoms with E-state index >= 15 is 0 Å². The van der Waals surface area contributed by atoms with E-state index in [9.17, 15) is 0 Å². The average Bonchev–Trinajstić information content (AvgIpc) is 3.45. The molecule has 172 valence electrons. The van der Waals surface area contributed by atoms with Crippen LogP contribution in [0.3, 0.4) is 0 Å². The van der Waals surface area contributed by atoms with Crippen LogP contribution in [0.15, 0.2) is 72.8 Å². The van der Waals surface area contributed by atoms with E-state index < -0.39 is 0 Å². The van der Waals surface area contributed by atoms with Crippen LogP contribution in [-0.2, 0) is 12.8 Å². The molecular formula is C34H31N. The van der Waals surface area contributed by atoms with Gasteiger partial charge in [-0.25, -0.2) is 4.98 Å². The molecule has 0 bridgehead atoms. The maximum absolute atomic E-state index is 5.39. The lowest BCUT2D eigenvalue weighted by Gasteiger charge is -2.15. The lowest BCUT2D eigenvalue weighted by Crippen LogP contribution is -2.00. The van der Waals surface area contributed by atoms with E-state index in [2.05, 4.69) is 106 Å². The summed E-state index contributed by atoms with van der Waals surface area (Å²) < 4.78 is 0. The number of rotatable bonds is 3. The quantitative estimate of drug-likeness (QED) is 0.302. The maximum Gasteiger partial charge on any atom is 0.0707 e. The van der Waals surface area contributed by atoms with Gasteiger partial charge in [-0.1, -0.05) is 89.5 Å². The van der Waals surface area contributed by atoms with E-state index in [0.29, 0.717) is 0 Å². The van der Waals surface area contributed by atoms with Crippen molar-refractivity contribution in [2.45, 2.75) is 46.5 Å². The standard InChI is InChI=1S/C34H31N/c1-22-4-10-25(11-5-22)20-28-16-18-30-32(27-14-8-24(3)9-15-27)31-19-17-29(34(31)35-33(28)30)21-26-12-6-23(2)7-13-26/h4-15,20-21H,16-19H2,1-3H3/b28-20+,29-21+. The van der Waals surface area contributed by atoms with Crippen molar-refractivity contribution in [2.24, 2.45) is 0 Å².